The van der Waals surface area contributed by atoms with Gasteiger partial charge in [0.1, 0.15) is 11.4 Å². The zero-order chi connectivity index (χ0) is 27.0. The van der Waals surface area contributed by atoms with E-state index >= 15 is 4.39 Å². The monoisotopic (exact) mass is 528 g/mol. The summed E-state index contributed by atoms with van der Waals surface area (Å²) < 4.78 is 16.1. The van der Waals surface area contributed by atoms with Gasteiger partial charge in [0, 0.05) is 47.7 Å². The molecule has 0 atom stereocenters. The van der Waals surface area contributed by atoms with Crippen LogP contribution in [0.15, 0.2) is 47.8 Å². The second-order valence-corrected chi connectivity index (χ2v) is 10.0. The SMILES string of the molecule is C=c1[nH]nc(-c2nc3nccc(-c4ccc(C(C)=O)s4)c3[nH]2)/c1=C(\F)C(=NC)c1cncc(NC(C)C)c1. The molecule has 38 heavy (non-hydrogen) atoms. The quantitative estimate of drug-likeness (QED) is 0.216. The van der Waals surface area contributed by atoms with Crippen LogP contribution in [0.5, 0.6) is 0 Å². The Morgan fingerprint density at radius 3 is 2.76 bits per heavy atom. The molecule has 9 nitrogen and oxygen atoms in total. The highest BCUT2D eigenvalue weighted by Crippen LogP contribution is 2.33. The first-order valence-electron chi connectivity index (χ1n) is 11.8. The number of nitrogens with zero attached hydrogens (tertiary/aromatic N) is 5. The minimum atomic E-state index is -0.609. The molecule has 11 heteroatoms. The maximum atomic E-state index is 16.1. The first-order chi connectivity index (χ1) is 18.3. The maximum absolute atomic E-state index is 16.1. The maximum Gasteiger partial charge on any atom is 0.178 e. The minimum Gasteiger partial charge on any atom is -0.382 e. The van der Waals surface area contributed by atoms with Crippen LogP contribution in [0.1, 0.15) is 36.0 Å². The van der Waals surface area contributed by atoms with Crippen molar-refractivity contribution in [1.82, 2.24) is 30.1 Å². The van der Waals surface area contributed by atoms with E-state index in [2.05, 4.69) is 47.0 Å². The molecule has 0 amide bonds. The van der Waals surface area contributed by atoms with Gasteiger partial charge in [-0.15, -0.1) is 11.3 Å². The zero-order valence-electron chi connectivity index (χ0n) is 21.3. The minimum absolute atomic E-state index is 0.00104. The lowest BCUT2D eigenvalue weighted by atomic mass is 10.1. The molecule has 5 aromatic heterocycles. The summed E-state index contributed by atoms with van der Waals surface area (Å²) in [5.41, 5.74) is 3.55. The van der Waals surface area contributed by atoms with Gasteiger partial charge in [0.25, 0.3) is 0 Å². The van der Waals surface area contributed by atoms with Crippen LogP contribution < -0.4 is 15.9 Å². The summed E-state index contributed by atoms with van der Waals surface area (Å²) >= 11 is 1.39. The number of thiophene rings is 1. The molecule has 0 fully saturated rings. The number of nitrogens with one attached hydrogen (secondary N) is 3. The molecule has 0 aromatic carbocycles. The third-order valence-electron chi connectivity index (χ3n) is 5.79. The number of ketones is 1. The summed E-state index contributed by atoms with van der Waals surface area (Å²) in [4.78, 5) is 34.0. The molecule has 0 aliphatic rings. The van der Waals surface area contributed by atoms with Gasteiger partial charge < -0.3 is 10.3 Å². The number of Topliss-reactive ketones (excluding diaryl/α,β-unsaturated/α-hetero) is 1. The van der Waals surface area contributed by atoms with Crippen molar-refractivity contribution in [2.45, 2.75) is 26.8 Å². The Kier molecular flexibility index (Phi) is 6.68. The van der Waals surface area contributed by atoms with E-state index < -0.39 is 5.83 Å². The lowest BCUT2D eigenvalue weighted by molar-refractivity contribution is 0.102. The van der Waals surface area contributed by atoms with Gasteiger partial charge in [-0.3, -0.25) is 19.9 Å². The molecule has 0 radical (unpaired) electrons. The number of imidazole rings is 1. The summed E-state index contributed by atoms with van der Waals surface area (Å²) in [6.07, 6.45) is 4.88. The molecule has 0 unspecified atom stereocenters. The van der Waals surface area contributed by atoms with Crippen molar-refractivity contribution in [3.8, 4) is 22.0 Å². The summed E-state index contributed by atoms with van der Waals surface area (Å²) in [6, 6.07) is 7.51. The number of rotatable bonds is 7. The average Bonchev–Trinajstić information content (AvgIpc) is 3.62. The van der Waals surface area contributed by atoms with Crippen molar-refractivity contribution in [1.29, 1.82) is 0 Å². The largest absolute Gasteiger partial charge is 0.382 e. The number of fused-ring (bicyclic) bond motifs is 1. The zero-order valence-corrected chi connectivity index (χ0v) is 22.1. The third kappa shape index (κ3) is 4.63. The number of pyridine rings is 2. The molecule has 0 aliphatic carbocycles. The first-order valence-corrected chi connectivity index (χ1v) is 12.7. The number of carbonyl (C=O) groups excluding carboxylic acids is 1. The fourth-order valence-electron chi connectivity index (χ4n) is 4.14. The Hall–Kier alpha value is -4.51. The smallest absolute Gasteiger partial charge is 0.178 e. The number of aliphatic imine (C=N–C) groups is 1. The van der Waals surface area contributed by atoms with Crippen molar-refractivity contribution in [3.05, 3.63) is 63.9 Å². The van der Waals surface area contributed by atoms with Gasteiger partial charge >= 0.3 is 0 Å². The normalized spacial score (nSPS) is 12.8. The molecular weight excluding hydrogens is 503 g/mol. The van der Waals surface area contributed by atoms with Gasteiger partial charge in [-0.25, -0.2) is 14.4 Å². The van der Waals surface area contributed by atoms with Crippen LogP contribution in [0.3, 0.4) is 0 Å². The van der Waals surface area contributed by atoms with Gasteiger partial charge in [-0.05, 0) is 45.0 Å². The van der Waals surface area contributed by atoms with E-state index in [4.69, 9.17) is 0 Å². The van der Waals surface area contributed by atoms with Gasteiger partial charge in [0.2, 0.25) is 0 Å². The number of H-pyrrole nitrogens is 2. The van der Waals surface area contributed by atoms with Crippen LogP contribution in [0.4, 0.5) is 10.1 Å². The van der Waals surface area contributed by atoms with Crippen molar-refractivity contribution in [2.75, 3.05) is 12.4 Å². The first kappa shape index (κ1) is 25.2. The number of hydrogen-bond acceptors (Lipinski definition) is 8. The average molecular weight is 529 g/mol. The highest BCUT2D eigenvalue weighted by Gasteiger charge is 2.20. The number of aromatic amines is 2. The van der Waals surface area contributed by atoms with E-state index in [-0.39, 0.29) is 33.8 Å². The van der Waals surface area contributed by atoms with Gasteiger partial charge in [-0.2, -0.15) is 5.10 Å². The van der Waals surface area contributed by atoms with Crippen LogP contribution in [0.2, 0.25) is 0 Å². The second kappa shape index (κ2) is 10.1. The van der Waals surface area contributed by atoms with Gasteiger partial charge in [0.15, 0.2) is 23.1 Å². The van der Waals surface area contributed by atoms with Gasteiger partial charge in [0.05, 0.1) is 26.6 Å². The van der Waals surface area contributed by atoms with E-state index in [9.17, 15) is 4.79 Å². The van der Waals surface area contributed by atoms with E-state index in [0.29, 0.717) is 27.4 Å². The van der Waals surface area contributed by atoms with Crippen LogP contribution in [0, 0.1) is 0 Å². The van der Waals surface area contributed by atoms with Crippen LogP contribution in [-0.2, 0) is 0 Å². The molecular formula is C27H25FN8OS. The number of halogens is 1. The third-order valence-corrected chi connectivity index (χ3v) is 7.01. The Balaban J connectivity index is 1.64. The molecule has 192 valence electrons. The van der Waals surface area contributed by atoms with Crippen LogP contribution in [0.25, 0.3) is 45.5 Å². The van der Waals surface area contributed by atoms with Crippen molar-refractivity contribution in [2.24, 2.45) is 4.99 Å². The second-order valence-electron chi connectivity index (χ2n) is 8.94. The highest BCUT2D eigenvalue weighted by molar-refractivity contribution is 7.17. The lowest BCUT2D eigenvalue weighted by Crippen LogP contribution is -2.27. The van der Waals surface area contributed by atoms with Crippen molar-refractivity contribution in [3.63, 3.8) is 0 Å². The Bertz CT molecular complexity index is 1810. The lowest BCUT2D eigenvalue weighted by Gasteiger charge is -2.11. The summed E-state index contributed by atoms with van der Waals surface area (Å²) in [5, 5.41) is 10.8. The summed E-state index contributed by atoms with van der Waals surface area (Å²) in [7, 11) is 1.52. The predicted octanol–water partition coefficient (Wildman–Crippen LogP) is 4.10. The molecule has 3 N–H and O–H groups in total. The Labute approximate surface area is 221 Å². The fraction of sp³-hybridized carbons (Fsp3) is 0.185. The molecule has 0 spiro atoms. The Morgan fingerprint density at radius 1 is 1.24 bits per heavy atom. The Morgan fingerprint density at radius 2 is 2.05 bits per heavy atom. The molecule has 5 rings (SSSR count). The van der Waals surface area contributed by atoms with Crippen LogP contribution in [-0.4, -0.2) is 54.7 Å². The standard InChI is InChI=1S/C27H25FN8OS/c1-13(2)32-17-10-16(11-30-12-17)23(29-5)22(28)21-14(3)35-36-25(21)27-33-24-18(8-9-31-26(24)34-27)20-7-6-19(38-20)15(4)37/h6-13,32,35H,3H2,1-2,4-5H3,(H,31,33,34)/b22-21-,29-23?. The molecule has 5 aromatic rings. The molecule has 0 saturated carbocycles. The predicted molar refractivity (Wildman–Crippen MR) is 150 cm³/mol. The number of carbonyl (C=O) groups is 1. The molecule has 5 heterocycles. The molecule has 0 aliphatic heterocycles. The van der Waals surface area contributed by atoms with Crippen LogP contribution >= 0.6 is 11.3 Å². The van der Waals surface area contributed by atoms with E-state index in [1.807, 2.05) is 26.0 Å². The summed E-state index contributed by atoms with van der Waals surface area (Å²) in [6.45, 7) is 9.50. The fourth-order valence-corrected chi connectivity index (χ4v) is 5.07. The van der Waals surface area contributed by atoms with Gasteiger partial charge in [-0.1, -0.05) is 6.58 Å². The number of hydrogen-bond donors (Lipinski definition) is 3. The van der Waals surface area contributed by atoms with E-state index in [1.54, 1.807) is 30.7 Å². The molecule has 0 saturated heterocycles. The number of aromatic nitrogens is 6. The van der Waals surface area contributed by atoms with E-state index in [0.717, 1.165) is 16.1 Å². The number of anilines is 1. The van der Waals surface area contributed by atoms with Crippen molar-refractivity contribution >= 4 is 52.1 Å². The topological polar surface area (TPSA) is 125 Å². The highest BCUT2D eigenvalue weighted by atomic mass is 32.1. The summed E-state index contributed by atoms with van der Waals surface area (Å²) in [5.74, 6) is -0.285. The van der Waals surface area contributed by atoms with Crippen molar-refractivity contribution < 1.29 is 9.18 Å². The molecule has 0 bridgehead atoms. The van der Waals surface area contributed by atoms with E-state index in [1.165, 1.54) is 25.3 Å².